The number of amides is 1. The molecule has 1 aliphatic heterocycles. The van der Waals surface area contributed by atoms with E-state index in [-0.39, 0.29) is 11.5 Å². The van der Waals surface area contributed by atoms with E-state index in [2.05, 4.69) is 28.8 Å². The van der Waals surface area contributed by atoms with Gasteiger partial charge in [0.2, 0.25) is 5.91 Å². The van der Waals surface area contributed by atoms with Gasteiger partial charge in [0.25, 0.3) is 5.56 Å². The van der Waals surface area contributed by atoms with Crippen molar-refractivity contribution in [3.8, 4) is 11.1 Å². The number of fused-ring (bicyclic) bond motifs is 2. The Morgan fingerprint density at radius 1 is 1.03 bits per heavy atom. The van der Waals surface area contributed by atoms with Crippen molar-refractivity contribution in [2.45, 2.75) is 39.7 Å². The van der Waals surface area contributed by atoms with Crippen LogP contribution in [0.25, 0.3) is 28.0 Å². The van der Waals surface area contributed by atoms with Crippen molar-refractivity contribution in [3.05, 3.63) is 94.4 Å². The third kappa shape index (κ3) is 5.65. The number of amidine groups is 1. The lowest BCUT2D eigenvalue weighted by Crippen LogP contribution is -2.34. The van der Waals surface area contributed by atoms with Crippen molar-refractivity contribution in [1.82, 2.24) is 19.4 Å². The van der Waals surface area contributed by atoms with Gasteiger partial charge in [-0.05, 0) is 59.7 Å². The van der Waals surface area contributed by atoms with Crippen molar-refractivity contribution in [2.24, 2.45) is 10.7 Å². The number of carbonyl (C=O) groups excluding carboxylic acids is 1. The molecule has 39 heavy (non-hydrogen) atoms. The lowest BCUT2D eigenvalue weighted by atomic mass is 9.99. The van der Waals surface area contributed by atoms with E-state index in [0.717, 1.165) is 59.4 Å². The summed E-state index contributed by atoms with van der Waals surface area (Å²) in [5.41, 5.74) is 11.1. The van der Waals surface area contributed by atoms with Gasteiger partial charge in [0, 0.05) is 54.6 Å². The van der Waals surface area contributed by atoms with Crippen LogP contribution in [0.5, 0.6) is 0 Å². The van der Waals surface area contributed by atoms with Crippen LogP contribution < -0.4 is 11.3 Å². The molecule has 0 bridgehead atoms. The highest BCUT2D eigenvalue weighted by molar-refractivity contribution is 6.05. The molecule has 0 aliphatic carbocycles. The van der Waals surface area contributed by atoms with Gasteiger partial charge in [0.1, 0.15) is 5.84 Å². The Morgan fingerprint density at radius 3 is 2.54 bits per heavy atom. The van der Waals surface area contributed by atoms with Crippen LogP contribution in [-0.4, -0.2) is 44.3 Å². The molecule has 0 spiro atoms. The van der Waals surface area contributed by atoms with E-state index in [4.69, 9.17) is 5.73 Å². The first-order chi connectivity index (χ1) is 19.0. The lowest BCUT2D eigenvalue weighted by Gasteiger charge is -2.22. The predicted molar refractivity (Wildman–Crippen MR) is 156 cm³/mol. The summed E-state index contributed by atoms with van der Waals surface area (Å²) in [7, 11) is 0. The van der Waals surface area contributed by atoms with Gasteiger partial charge in [-0.3, -0.25) is 19.6 Å². The maximum Gasteiger partial charge on any atom is 0.258 e. The van der Waals surface area contributed by atoms with Gasteiger partial charge in [0.05, 0.1) is 24.1 Å². The summed E-state index contributed by atoms with van der Waals surface area (Å²) in [4.78, 5) is 41.3. The maximum atomic E-state index is 13.3. The Hall–Kier alpha value is -4.59. The van der Waals surface area contributed by atoms with Crippen LogP contribution in [0.2, 0.25) is 0 Å². The number of hydrogen-bond donors (Lipinski definition) is 1. The minimum atomic E-state index is -0.0773. The van der Waals surface area contributed by atoms with Crippen molar-refractivity contribution < 1.29 is 4.79 Å². The van der Waals surface area contributed by atoms with Crippen molar-refractivity contribution in [2.75, 3.05) is 13.1 Å². The summed E-state index contributed by atoms with van der Waals surface area (Å²) < 4.78 is 1.64. The summed E-state index contributed by atoms with van der Waals surface area (Å²) in [6, 6.07) is 13.7. The number of carbonyl (C=O) groups is 1. The predicted octanol–water partition coefficient (Wildman–Crippen LogP) is 4.93. The summed E-state index contributed by atoms with van der Waals surface area (Å²) in [6.07, 6.45) is 10.7. The molecule has 1 amide bonds. The highest BCUT2D eigenvalue weighted by atomic mass is 16.2. The number of aliphatic imine (C=N–C) groups is 1. The van der Waals surface area contributed by atoms with Crippen LogP contribution in [0.4, 0.5) is 5.69 Å². The van der Waals surface area contributed by atoms with Crippen LogP contribution in [0, 0.1) is 0 Å². The number of hydrogen-bond acceptors (Lipinski definition) is 6. The van der Waals surface area contributed by atoms with E-state index >= 15 is 0 Å². The Labute approximate surface area is 227 Å². The van der Waals surface area contributed by atoms with Crippen molar-refractivity contribution in [3.63, 3.8) is 0 Å². The Balaban J connectivity index is 1.46. The molecule has 0 saturated carbocycles. The average Bonchev–Trinajstić information content (AvgIpc) is 3.12. The van der Waals surface area contributed by atoms with Gasteiger partial charge in [-0.2, -0.15) is 0 Å². The molecular formula is C31H32N6O2. The fourth-order valence-corrected chi connectivity index (χ4v) is 4.94. The summed E-state index contributed by atoms with van der Waals surface area (Å²) >= 11 is 0. The number of rotatable bonds is 8. The highest BCUT2D eigenvalue weighted by Crippen LogP contribution is 2.33. The summed E-state index contributed by atoms with van der Waals surface area (Å²) in [5, 5.41) is 1.49. The first-order valence-corrected chi connectivity index (χ1v) is 13.3. The van der Waals surface area contributed by atoms with Crippen LogP contribution in [-0.2, 0) is 11.3 Å². The van der Waals surface area contributed by atoms with Gasteiger partial charge >= 0.3 is 0 Å². The molecule has 8 heteroatoms. The molecule has 2 N–H and O–H groups in total. The minimum Gasteiger partial charge on any atom is -0.387 e. The maximum absolute atomic E-state index is 13.3. The van der Waals surface area contributed by atoms with Crippen LogP contribution in [0.15, 0.2) is 82.6 Å². The Morgan fingerprint density at radius 2 is 1.79 bits per heavy atom. The zero-order chi connectivity index (χ0) is 27.4. The van der Waals surface area contributed by atoms with E-state index in [1.807, 2.05) is 53.4 Å². The smallest absolute Gasteiger partial charge is 0.258 e. The number of nitrogens with zero attached hydrogens (tertiary/aromatic N) is 5. The molecule has 0 radical (unpaired) electrons. The molecule has 198 valence electrons. The number of aromatic nitrogens is 3. The fourth-order valence-electron chi connectivity index (χ4n) is 4.94. The fraction of sp³-hybridized carbons (Fsp3) is 0.258. The minimum absolute atomic E-state index is 0.0215. The summed E-state index contributed by atoms with van der Waals surface area (Å²) in [6.45, 7) is 5.96. The van der Waals surface area contributed by atoms with Crippen molar-refractivity contribution in [1.29, 1.82) is 0 Å². The van der Waals surface area contributed by atoms with E-state index in [9.17, 15) is 9.59 Å². The number of benzene rings is 2. The average molecular weight is 521 g/mol. The molecule has 8 nitrogen and oxygen atoms in total. The standard InChI is InChI=1S/C31H32N6O2/c1-3-12-36(13-4-2)30(38)25-16-24-6-5-22(17-28(24)35-29(32)18-25)21-7-8-27-23(15-21)9-14-37(31(27)39)20-26-19-33-10-11-34-26/h5-11,14-17,19H,3-4,12-13,18,20H2,1-2H3,(H2,32,35). The third-order valence-corrected chi connectivity index (χ3v) is 6.80. The van der Waals surface area contributed by atoms with Gasteiger partial charge < -0.3 is 15.2 Å². The molecular weight excluding hydrogens is 488 g/mol. The van der Waals surface area contributed by atoms with Gasteiger partial charge in [-0.15, -0.1) is 0 Å². The zero-order valence-electron chi connectivity index (χ0n) is 22.3. The number of nitrogens with two attached hydrogens (primary N) is 1. The molecule has 0 saturated heterocycles. The van der Waals surface area contributed by atoms with Gasteiger partial charge in [0.15, 0.2) is 0 Å². The van der Waals surface area contributed by atoms with Gasteiger partial charge in [-0.1, -0.05) is 32.0 Å². The monoisotopic (exact) mass is 520 g/mol. The quantitative estimate of drug-likeness (QED) is 0.355. The molecule has 4 aromatic rings. The number of pyridine rings is 1. The third-order valence-electron chi connectivity index (χ3n) is 6.80. The van der Waals surface area contributed by atoms with Crippen LogP contribution in [0.1, 0.15) is 44.4 Å². The molecule has 0 atom stereocenters. The molecule has 2 aromatic carbocycles. The summed E-state index contributed by atoms with van der Waals surface area (Å²) in [5.74, 6) is 0.439. The molecule has 0 fully saturated rings. The van der Waals surface area contributed by atoms with Crippen molar-refractivity contribution >= 4 is 34.3 Å². The first-order valence-electron chi connectivity index (χ1n) is 13.3. The second-order valence-electron chi connectivity index (χ2n) is 9.76. The van der Waals surface area contributed by atoms with E-state index in [1.165, 1.54) is 0 Å². The zero-order valence-corrected chi connectivity index (χ0v) is 22.3. The topological polar surface area (TPSA) is 106 Å². The van der Waals surface area contributed by atoms with Crippen LogP contribution in [0.3, 0.4) is 0 Å². The largest absolute Gasteiger partial charge is 0.387 e. The van der Waals surface area contributed by atoms with Gasteiger partial charge in [-0.25, -0.2) is 4.99 Å². The highest BCUT2D eigenvalue weighted by Gasteiger charge is 2.21. The second kappa shape index (κ2) is 11.4. The second-order valence-corrected chi connectivity index (χ2v) is 9.76. The normalized spacial score (nSPS) is 12.9. The van der Waals surface area contributed by atoms with E-state index in [1.54, 1.807) is 29.4 Å². The van der Waals surface area contributed by atoms with E-state index in [0.29, 0.717) is 29.8 Å². The molecule has 5 rings (SSSR count). The Bertz CT molecular complexity index is 1630. The lowest BCUT2D eigenvalue weighted by molar-refractivity contribution is -0.127. The molecule has 1 aliphatic rings. The molecule has 0 unspecified atom stereocenters. The van der Waals surface area contributed by atoms with E-state index < -0.39 is 0 Å². The van der Waals surface area contributed by atoms with Crippen LogP contribution >= 0.6 is 0 Å². The molecule has 3 heterocycles. The Kier molecular flexibility index (Phi) is 7.63. The molecule has 2 aromatic heterocycles. The first kappa shape index (κ1) is 26.0. The SMILES string of the molecule is CCCN(CCC)C(=O)C1=Cc2ccc(-c3ccc4c(=O)n(Cc5cnccn5)ccc4c3)cc2N=C(N)C1.